The lowest BCUT2D eigenvalue weighted by molar-refractivity contribution is -0.118. The second-order valence-corrected chi connectivity index (χ2v) is 3.65. The number of carbonyl (C=O) groups is 1. The quantitative estimate of drug-likeness (QED) is 0.781. The smallest absolute Gasteiger partial charge is 0.241 e. The van der Waals surface area contributed by atoms with E-state index in [0.717, 1.165) is 4.47 Å². The molecule has 1 aromatic heterocycles. The van der Waals surface area contributed by atoms with Crippen molar-refractivity contribution >= 4 is 27.8 Å². The zero-order valence-corrected chi connectivity index (χ0v) is 9.36. The number of nitrogens with zero attached hydrogens (tertiary/aromatic N) is 2. The molecule has 0 radical (unpaired) electrons. The van der Waals surface area contributed by atoms with Crippen LogP contribution < -0.4 is 11.1 Å². The molecule has 0 saturated carbocycles. The van der Waals surface area contributed by atoms with Crippen LogP contribution in [0.3, 0.4) is 0 Å². The first-order chi connectivity index (χ1) is 7.13. The molecule has 1 atom stereocenters. The molecule has 0 saturated heterocycles. The highest BCUT2D eigenvalue weighted by Crippen LogP contribution is 2.08. The lowest BCUT2D eigenvalue weighted by Crippen LogP contribution is -2.35. The van der Waals surface area contributed by atoms with E-state index in [1.807, 2.05) is 0 Å². The number of nitrogens with one attached hydrogen (secondary N) is 1. The van der Waals surface area contributed by atoms with Crippen LogP contribution in [-0.4, -0.2) is 21.9 Å². The lowest BCUT2D eigenvalue weighted by Gasteiger charge is -2.11. The summed E-state index contributed by atoms with van der Waals surface area (Å²) in [7, 11) is 0. The third-order valence-electron chi connectivity index (χ3n) is 1.59. The summed E-state index contributed by atoms with van der Waals surface area (Å²) in [5.41, 5.74) is 5.14. The number of primary amides is 1. The molecule has 0 aliphatic heterocycles. The summed E-state index contributed by atoms with van der Waals surface area (Å²) >= 11 is 3.19. The van der Waals surface area contributed by atoms with Gasteiger partial charge in [0.05, 0.1) is 4.47 Å². The number of terminal acetylenes is 1. The number of carbonyl (C=O) groups excluding carboxylic acids is 1. The van der Waals surface area contributed by atoms with E-state index in [-0.39, 0.29) is 6.42 Å². The fourth-order valence-corrected chi connectivity index (χ4v) is 1.09. The van der Waals surface area contributed by atoms with Crippen LogP contribution in [-0.2, 0) is 4.79 Å². The van der Waals surface area contributed by atoms with Crippen LogP contribution in [0.1, 0.15) is 6.42 Å². The molecule has 0 bridgehead atoms. The molecular weight excluding hydrogens is 260 g/mol. The van der Waals surface area contributed by atoms with Crippen molar-refractivity contribution < 1.29 is 4.79 Å². The Bertz CT molecular complexity index is 384. The summed E-state index contributed by atoms with van der Waals surface area (Å²) in [6, 6.07) is -0.642. The SMILES string of the molecule is C#CC[C@H](Nc1ncc(Br)cn1)C(N)=O. The summed E-state index contributed by atoms with van der Waals surface area (Å²) in [6.45, 7) is 0. The molecule has 0 aliphatic rings. The fraction of sp³-hybridized carbons (Fsp3) is 0.222. The number of halogens is 1. The van der Waals surface area contributed by atoms with E-state index >= 15 is 0 Å². The molecule has 0 fully saturated rings. The second kappa shape index (κ2) is 5.32. The van der Waals surface area contributed by atoms with Crippen LogP contribution in [0.4, 0.5) is 5.95 Å². The third-order valence-corrected chi connectivity index (χ3v) is 2.00. The predicted molar refractivity (Wildman–Crippen MR) is 59.8 cm³/mol. The summed E-state index contributed by atoms with van der Waals surface area (Å²) in [5, 5.41) is 2.75. The Labute approximate surface area is 95.6 Å². The summed E-state index contributed by atoms with van der Waals surface area (Å²) < 4.78 is 0.751. The first kappa shape index (κ1) is 11.5. The third kappa shape index (κ3) is 3.56. The molecule has 1 amide bonds. The van der Waals surface area contributed by atoms with Crippen LogP contribution in [0, 0.1) is 12.3 Å². The van der Waals surface area contributed by atoms with Gasteiger partial charge in [-0.25, -0.2) is 9.97 Å². The van der Waals surface area contributed by atoms with Gasteiger partial charge in [-0.05, 0) is 15.9 Å². The molecule has 6 heteroatoms. The van der Waals surface area contributed by atoms with E-state index in [9.17, 15) is 4.79 Å². The van der Waals surface area contributed by atoms with Crippen molar-refractivity contribution in [2.24, 2.45) is 5.73 Å². The Morgan fingerprint density at radius 2 is 2.27 bits per heavy atom. The second-order valence-electron chi connectivity index (χ2n) is 2.73. The van der Waals surface area contributed by atoms with Gasteiger partial charge >= 0.3 is 0 Å². The Balaban J connectivity index is 2.70. The van der Waals surface area contributed by atoms with Crippen LogP contribution in [0.15, 0.2) is 16.9 Å². The molecule has 1 rings (SSSR count). The van der Waals surface area contributed by atoms with Crippen molar-refractivity contribution in [1.82, 2.24) is 9.97 Å². The van der Waals surface area contributed by atoms with E-state index in [1.165, 1.54) is 0 Å². The minimum absolute atomic E-state index is 0.203. The zero-order valence-electron chi connectivity index (χ0n) is 7.77. The average Bonchev–Trinajstić information content (AvgIpc) is 2.20. The molecule has 0 unspecified atom stereocenters. The maximum atomic E-state index is 11.0. The van der Waals surface area contributed by atoms with Gasteiger partial charge in [0.15, 0.2) is 0 Å². The largest absolute Gasteiger partial charge is 0.368 e. The van der Waals surface area contributed by atoms with Gasteiger partial charge in [0.25, 0.3) is 0 Å². The van der Waals surface area contributed by atoms with Crippen molar-refractivity contribution in [3.63, 3.8) is 0 Å². The van der Waals surface area contributed by atoms with Crippen LogP contribution in [0.5, 0.6) is 0 Å². The monoisotopic (exact) mass is 268 g/mol. The first-order valence-corrected chi connectivity index (χ1v) is 4.89. The number of rotatable bonds is 4. The van der Waals surface area contributed by atoms with Crippen molar-refractivity contribution in [3.8, 4) is 12.3 Å². The molecule has 15 heavy (non-hydrogen) atoms. The van der Waals surface area contributed by atoms with E-state index in [1.54, 1.807) is 12.4 Å². The van der Waals surface area contributed by atoms with E-state index in [0.29, 0.717) is 5.95 Å². The van der Waals surface area contributed by atoms with Gasteiger partial charge in [-0.1, -0.05) is 0 Å². The molecule has 3 N–H and O–H groups in total. The number of nitrogens with two attached hydrogens (primary N) is 1. The predicted octanol–water partition coefficient (Wildman–Crippen LogP) is 0.528. The normalized spacial score (nSPS) is 11.5. The van der Waals surface area contributed by atoms with Gasteiger partial charge in [0.2, 0.25) is 11.9 Å². The van der Waals surface area contributed by atoms with Gasteiger partial charge in [-0.3, -0.25) is 4.79 Å². The molecular formula is C9H9BrN4O. The molecule has 0 aromatic carbocycles. The van der Waals surface area contributed by atoms with Gasteiger partial charge in [-0.15, -0.1) is 12.3 Å². The molecule has 1 aromatic rings. The molecule has 1 heterocycles. The summed E-state index contributed by atoms with van der Waals surface area (Å²) in [6.07, 6.45) is 8.42. The molecule has 5 nitrogen and oxygen atoms in total. The Kier molecular flexibility index (Phi) is 4.06. The van der Waals surface area contributed by atoms with Crippen molar-refractivity contribution in [1.29, 1.82) is 0 Å². The van der Waals surface area contributed by atoms with Crippen LogP contribution in [0.2, 0.25) is 0 Å². The Hall–Kier alpha value is -1.61. The highest BCUT2D eigenvalue weighted by Gasteiger charge is 2.14. The number of amides is 1. The first-order valence-electron chi connectivity index (χ1n) is 4.10. The zero-order chi connectivity index (χ0) is 11.3. The van der Waals surface area contributed by atoms with Crippen molar-refractivity contribution in [3.05, 3.63) is 16.9 Å². The van der Waals surface area contributed by atoms with Crippen molar-refractivity contribution in [2.45, 2.75) is 12.5 Å². The minimum Gasteiger partial charge on any atom is -0.368 e. The lowest BCUT2D eigenvalue weighted by atomic mass is 10.2. The molecule has 0 spiro atoms. The molecule has 78 valence electrons. The maximum Gasteiger partial charge on any atom is 0.241 e. The number of anilines is 1. The Morgan fingerprint density at radius 3 is 2.73 bits per heavy atom. The maximum absolute atomic E-state index is 11.0. The Morgan fingerprint density at radius 1 is 1.67 bits per heavy atom. The van der Waals surface area contributed by atoms with Crippen molar-refractivity contribution in [2.75, 3.05) is 5.32 Å². The number of aromatic nitrogens is 2. The summed E-state index contributed by atoms with van der Waals surface area (Å²) in [5.74, 6) is 2.14. The average molecular weight is 269 g/mol. The highest BCUT2D eigenvalue weighted by atomic mass is 79.9. The highest BCUT2D eigenvalue weighted by molar-refractivity contribution is 9.10. The van der Waals surface area contributed by atoms with Gasteiger partial charge in [-0.2, -0.15) is 0 Å². The van der Waals surface area contributed by atoms with Gasteiger partial charge < -0.3 is 11.1 Å². The van der Waals surface area contributed by atoms with Gasteiger partial charge in [0.1, 0.15) is 6.04 Å². The van der Waals surface area contributed by atoms with Gasteiger partial charge in [0, 0.05) is 18.8 Å². The minimum atomic E-state index is -0.642. The number of hydrogen-bond donors (Lipinski definition) is 2. The standard InChI is InChI=1S/C9H9BrN4O/c1-2-3-7(8(11)15)14-9-12-4-6(10)5-13-9/h1,4-5,7H,3H2,(H2,11,15)(H,12,13,14)/t7-/m0/s1. The number of hydrogen-bond acceptors (Lipinski definition) is 4. The fourth-order valence-electron chi connectivity index (χ4n) is 0.883. The summed E-state index contributed by atoms with van der Waals surface area (Å²) in [4.78, 5) is 18.8. The van der Waals surface area contributed by atoms with E-state index in [4.69, 9.17) is 12.2 Å². The van der Waals surface area contributed by atoms with E-state index < -0.39 is 11.9 Å². The topological polar surface area (TPSA) is 80.9 Å². The van der Waals surface area contributed by atoms with Crippen LogP contribution >= 0.6 is 15.9 Å². The molecule has 0 aliphatic carbocycles. The van der Waals surface area contributed by atoms with Crippen LogP contribution in [0.25, 0.3) is 0 Å². The van der Waals surface area contributed by atoms with E-state index in [2.05, 4.69) is 37.1 Å².